The van der Waals surface area contributed by atoms with Crippen LogP contribution in [0.25, 0.3) is 0 Å². The standard InChI is InChI=1S/C15H14N2O2S/c1-10-12(14(18)19-2)13(11-6-4-3-5-7-11)17-8-9-20-15(17)16-10/h3-9,13H,1-2H3/t13-/m1/s1. The molecule has 0 saturated carbocycles. The fraction of sp³-hybridized carbons (Fsp3) is 0.200. The van der Waals surface area contributed by atoms with Crippen molar-refractivity contribution in [1.82, 2.24) is 4.90 Å². The van der Waals surface area contributed by atoms with Gasteiger partial charge in [0.25, 0.3) is 0 Å². The number of rotatable bonds is 2. The van der Waals surface area contributed by atoms with E-state index >= 15 is 0 Å². The second kappa shape index (κ2) is 5.17. The molecule has 0 amide bonds. The Morgan fingerprint density at radius 3 is 2.80 bits per heavy atom. The van der Waals surface area contributed by atoms with E-state index in [1.165, 1.54) is 7.11 Å². The van der Waals surface area contributed by atoms with E-state index < -0.39 is 0 Å². The molecule has 2 aliphatic heterocycles. The molecule has 0 unspecified atom stereocenters. The van der Waals surface area contributed by atoms with Crippen molar-refractivity contribution in [3.05, 3.63) is 58.8 Å². The van der Waals surface area contributed by atoms with Crippen molar-refractivity contribution < 1.29 is 9.53 Å². The van der Waals surface area contributed by atoms with Crippen LogP contribution in [-0.4, -0.2) is 23.1 Å². The minimum absolute atomic E-state index is 0.178. The second-order valence-electron chi connectivity index (χ2n) is 4.51. The summed E-state index contributed by atoms with van der Waals surface area (Å²) in [7, 11) is 1.40. The molecule has 1 aromatic rings. The van der Waals surface area contributed by atoms with Crippen LogP contribution in [0, 0.1) is 0 Å². The first-order valence-corrected chi connectivity index (χ1v) is 7.14. The Balaban J connectivity index is 2.14. The average Bonchev–Trinajstić information content (AvgIpc) is 2.93. The van der Waals surface area contributed by atoms with Crippen LogP contribution in [0.3, 0.4) is 0 Å². The van der Waals surface area contributed by atoms with Crippen LogP contribution in [0.4, 0.5) is 0 Å². The van der Waals surface area contributed by atoms with Crippen molar-refractivity contribution in [3.8, 4) is 0 Å². The summed E-state index contributed by atoms with van der Waals surface area (Å²) < 4.78 is 4.94. The lowest BCUT2D eigenvalue weighted by atomic mass is 9.95. The van der Waals surface area contributed by atoms with E-state index in [1.54, 1.807) is 11.8 Å². The number of methoxy groups -OCH3 is 1. The normalized spacial score (nSPS) is 20.8. The van der Waals surface area contributed by atoms with E-state index in [2.05, 4.69) is 4.99 Å². The van der Waals surface area contributed by atoms with Gasteiger partial charge in [0, 0.05) is 6.20 Å². The summed E-state index contributed by atoms with van der Waals surface area (Å²) in [6.45, 7) is 1.85. The molecule has 0 radical (unpaired) electrons. The van der Waals surface area contributed by atoms with Crippen molar-refractivity contribution in [2.24, 2.45) is 4.99 Å². The monoisotopic (exact) mass is 286 g/mol. The van der Waals surface area contributed by atoms with Gasteiger partial charge in [-0.25, -0.2) is 9.79 Å². The van der Waals surface area contributed by atoms with Gasteiger partial charge in [0.15, 0.2) is 5.17 Å². The lowest BCUT2D eigenvalue weighted by Crippen LogP contribution is -2.33. The number of nitrogens with zero attached hydrogens (tertiary/aromatic N) is 2. The molecule has 4 nitrogen and oxygen atoms in total. The molecule has 2 aliphatic rings. The number of ether oxygens (including phenoxy) is 1. The molecular weight excluding hydrogens is 272 g/mol. The van der Waals surface area contributed by atoms with Gasteiger partial charge in [-0.1, -0.05) is 42.1 Å². The van der Waals surface area contributed by atoms with Crippen molar-refractivity contribution in [2.45, 2.75) is 13.0 Å². The van der Waals surface area contributed by atoms with Crippen molar-refractivity contribution >= 4 is 22.9 Å². The third kappa shape index (κ3) is 2.04. The Hall–Kier alpha value is -2.01. The fourth-order valence-corrected chi connectivity index (χ4v) is 3.23. The van der Waals surface area contributed by atoms with Gasteiger partial charge in [-0.05, 0) is 17.9 Å². The number of carbonyl (C=O) groups is 1. The summed E-state index contributed by atoms with van der Waals surface area (Å²) >= 11 is 1.56. The van der Waals surface area contributed by atoms with Crippen LogP contribution in [0.1, 0.15) is 18.5 Å². The molecule has 1 atom stereocenters. The van der Waals surface area contributed by atoms with Crippen LogP contribution in [0.15, 0.2) is 58.2 Å². The lowest BCUT2D eigenvalue weighted by Gasteiger charge is -2.33. The SMILES string of the molecule is COC(=O)C1=C(C)N=C2SC=CN2[C@@H]1c1ccccc1. The molecular formula is C15H14N2O2S. The predicted octanol–water partition coefficient (Wildman–Crippen LogP) is 3.06. The number of fused-ring (bicyclic) bond motifs is 1. The summed E-state index contributed by atoms with van der Waals surface area (Å²) in [4.78, 5) is 18.6. The summed E-state index contributed by atoms with van der Waals surface area (Å²) in [5, 5.41) is 2.87. The third-order valence-corrected chi connectivity index (χ3v) is 4.11. The van der Waals surface area contributed by atoms with Crippen LogP contribution >= 0.6 is 11.8 Å². The molecule has 5 heteroatoms. The second-order valence-corrected chi connectivity index (χ2v) is 5.38. The zero-order chi connectivity index (χ0) is 14.1. The predicted molar refractivity (Wildman–Crippen MR) is 79.9 cm³/mol. The van der Waals surface area contributed by atoms with Gasteiger partial charge in [0.1, 0.15) is 0 Å². The van der Waals surface area contributed by atoms with Gasteiger partial charge in [-0.2, -0.15) is 0 Å². The highest BCUT2D eigenvalue weighted by Crippen LogP contribution is 2.40. The average molecular weight is 286 g/mol. The Kier molecular flexibility index (Phi) is 3.36. The van der Waals surface area contributed by atoms with E-state index in [9.17, 15) is 4.79 Å². The molecule has 3 rings (SSSR count). The van der Waals surface area contributed by atoms with Gasteiger partial charge in [0.2, 0.25) is 0 Å². The number of esters is 1. The van der Waals surface area contributed by atoms with Gasteiger partial charge in [0.05, 0.1) is 24.4 Å². The van der Waals surface area contributed by atoms with Gasteiger partial charge in [-0.15, -0.1) is 0 Å². The highest BCUT2D eigenvalue weighted by Gasteiger charge is 2.36. The van der Waals surface area contributed by atoms with E-state index in [1.807, 2.05) is 53.8 Å². The maximum absolute atomic E-state index is 12.1. The number of hydrogen-bond acceptors (Lipinski definition) is 5. The quantitative estimate of drug-likeness (QED) is 0.784. The van der Waals surface area contributed by atoms with Gasteiger partial charge >= 0.3 is 5.97 Å². The fourth-order valence-electron chi connectivity index (χ4n) is 2.43. The number of allylic oxidation sites excluding steroid dienone is 1. The molecule has 0 saturated heterocycles. The smallest absolute Gasteiger partial charge is 0.338 e. The molecule has 0 aromatic heterocycles. The van der Waals surface area contributed by atoms with Gasteiger partial charge < -0.3 is 9.64 Å². The van der Waals surface area contributed by atoms with Crippen LogP contribution in [0.5, 0.6) is 0 Å². The Morgan fingerprint density at radius 2 is 2.10 bits per heavy atom. The van der Waals surface area contributed by atoms with Gasteiger partial charge in [-0.3, -0.25) is 0 Å². The Labute approximate surface area is 121 Å². The number of thioether (sulfide) groups is 1. The molecule has 0 spiro atoms. The topological polar surface area (TPSA) is 41.9 Å². The van der Waals surface area contributed by atoms with E-state index in [-0.39, 0.29) is 12.0 Å². The summed E-state index contributed by atoms with van der Waals surface area (Å²) in [6, 6.07) is 9.75. The zero-order valence-electron chi connectivity index (χ0n) is 11.2. The number of aliphatic imine (C=N–C) groups is 1. The minimum Gasteiger partial charge on any atom is -0.466 e. The Morgan fingerprint density at radius 1 is 1.35 bits per heavy atom. The number of benzene rings is 1. The van der Waals surface area contributed by atoms with E-state index in [4.69, 9.17) is 4.74 Å². The molecule has 0 N–H and O–H groups in total. The first-order valence-electron chi connectivity index (χ1n) is 6.26. The largest absolute Gasteiger partial charge is 0.466 e. The van der Waals surface area contributed by atoms with Crippen LogP contribution in [0.2, 0.25) is 0 Å². The Bertz CT molecular complexity index is 635. The zero-order valence-corrected chi connectivity index (χ0v) is 12.1. The molecule has 102 valence electrons. The van der Waals surface area contributed by atoms with E-state index in [0.717, 1.165) is 10.7 Å². The van der Waals surface area contributed by atoms with Crippen LogP contribution in [-0.2, 0) is 9.53 Å². The summed E-state index contributed by atoms with van der Waals surface area (Å²) in [5.41, 5.74) is 2.36. The molecule has 0 aliphatic carbocycles. The molecule has 0 bridgehead atoms. The summed E-state index contributed by atoms with van der Waals surface area (Å²) in [5.74, 6) is -0.329. The lowest BCUT2D eigenvalue weighted by molar-refractivity contribution is -0.136. The number of hydrogen-bond donors (Lipinski definition) is 0. The molecule has 20 heavy (non-hydrogen) atoms. The minimum atomic E-state index is -0.329. The molecule has 2 heterocycles. The maximum Gasteiger partial charge on any atom is 0.338 e. The number of carbonyl (C=O) groups excluding carboxylic acids is 1. The van der Waals surface area contributed by atoms with Crippen molar-refractivity contribution in [3.63, 3.8) is 0 Å². The van der Waals surface area contributed by atoms with E-state index in [0.29, 0.717) is 11.3 Å². The summed E-state index contributed by atoms with van der Waals surface area (Å²) in [6.07, 6.45) is 1.95. The molecule has 1 aromatic carbocycles. The first-order chi connectivity index (χ1) is 9.72. The molecule has 0 fully saturated rings. The first kappa shape index (κ1) is 13.0. The van der Waals surface area contributed by atoms with Crippen molar-refractivity contribution in [2.75, 3.05) is 7.11 Å². The van der Waals surface area contributed by atoms with Crippen molar-refractivity contribution in [1.29, 1.82) is 0 Å². The van der Waals surface area contributed by atoms with Crippen LogP contribution < -0.4 is 0 Å². The third-order valence-electron chi connectivity index (χ3n) is 3.34. The maximum atomic E-state index is 12.1. The highest BCUT2D eigenvalue weighted by molar-refractivity contribution is 8.16. The highest BCUT2D eigenvalue weighted by atomic mass is 32.2. The number of amidine groups is 1.